The standard InChI is InChI=1S/C21H18N2O2S/c22-15-17-8-7-13-20(14-17)26(24,25)23-16-21(18-9-3-1-4-10-18)19-11-5-2-6-12-19/h1-14,21,23H,16H2. The van der Waals surface area contributed by atoms with Gasteiger partial charge in [0.25, 0.3) is 0 Å². The van der Waals surface area contributed by atoms with Crippen molar-refractivity contribution in [3.05, 3.63) is 102 Å². The average molecular weight is 362 g/mol. The van der Waals surface area contributed by atoms with Gasteiger partial charge in [0, 0.05) is 12.5 Å². The Bertz CT molecular complexity index is 971. The molecule has 0 aromatic heterocycles. The van der Waals surface area contributed by atoms with Crippen LogP contribution in [0.2, 0.25) is 0 Å². The first-order valence-electron chi connectivity index (χ1n) is 8.20. The summed E-state index contributed by atoms with van der Waals surface area (Å²) in [5.74, 6) is -0.105. The van der Waals surface area contributed by atoms with Crippen LogP contribution in [0.3, 0.4) is 0 Å². The van der Waals surface area contributed by atoms with Crippen LogP contribution >= 0.6 is 0 Å². The molecule has 0 saturated heterocycles. The Balaban J connectivity index is 1.87. The van der Waals surface area contributed by atoms with Crippen LogP contribution in [-0.2, 0) is 10.0 Å². The number of nitriles is 1. The second-order valence-electron chi connectivity index (χ2n) is 5.87. The lowest BCUT2D eigenvalue weighted by molar-refractivity contribution is 0.577. The first-order valence-corrected chi connectivity index (χ1v) is 9.68. The molecule has 0 bridgehead atoms. The van der Waals surface area contributed by atoms with E-state index in [-0.39, 0.29) is 17.4 Å². The molecular weight excluding hydrogens is 344 g/mol. The molecule has 0 fully saturated rings. The summed E-state index contributed by atoms with van der Waals surface area (Å²) in [7, 11) is -3.71. The Labute approximate surface area is 153 Å². The van der Waals surface area contributed by atoms with Crippen molar-refractivity contribution in [3.63, 3.8) is 0 Å². The zero-order chi connectivity index (χ0) is 18.4. The highest BCUT2D eigenvalue weighted by Gasteiger charge is 2.19. The minimum absolute atomic E-state index is 0.0939. The van der Waals surface area contributed by atoms with E-state index in [0.29, 0.717) is 5.56 Å². The first kappa shape index (κ1) is 17.9. The normalized spacial score (nSPS) is 11.2. The summed E-state index contributed by atoms with van der Waals surface area (Å²) in [5, 5.41) is 8.98. The van der Waals surface area contributed by atoms with Crippen LogP contribution in [0, 0.1) is 11.3 Å². The van der Waals surface area contributed by atoms with Crippen molar-refractivity contribution in [2.75, 3.05) is 6.54 Å². The summed E-state index contributed by atoms with van der Waals surface area (Å²) in [6.07, 6.45) is 0. The maximum absolute atomic E-state index is 12.6. The maximum Gasteiger partial charge on any atom is 0.240 e. The van der Waals surface area contributed by atoms with Crippen LogP contribution in [0.4, 0.5) is 0 Å². The topological polar surface area (TPSA) is 70.0 Å². The molecule has 0 saturated carbocycles. The van der Waals surface area contributed by atoms with Gasteiger partial charge in [-0.25, -0.2) is 13.1 Å². The number of nitrogens with zero attached hydrogens (tertiary/aromatic N) is 1. The van der Waals surface area contributed by atoms with Gasteiger partial charge in [-0.1, -0.05) is 66.7 Å². The largest absolute Gasteiger partial charge is 0.240 e. The van der Waals surface area contributed by atoms with Crippen LogP contribution < -0.4 is 4.72 Å². The molecule has 26 heavy (non-hydrogen) atoms. The molecule has 0 unspecified atom stereocenters. The number of hydrogen-bond acceptors (Lipinski definition) is 3. The van der Waals surface area contributed by atoms with Gasteiger partial charge in [-0.3, -0.25) is 0 Å². The molecule has 130 valence electrons. The Kier molecular flexibility index (Phi) is 5.47. The zero-order valence-electron chi connectivity index (χ0n) is 14.0. The molecule has 1 N–H and O–H groups in total. The summed E-state index contributed by atoms with van der Waals surface area (Å²) in [4.78, 5) is 0.0939. The SMILES string of the molecule is N#Cc1cccc(S(=O)(=O)NCC(c2ccccc2)c2ccccc2)c1. The molecule has 0 aliphatic carbocycles. The molecular formula is C21H18N2O2S. The molecule has 5 heteroatoms. The summed E-state index contributed by atoms with van der Waals surface area (Å²) < 4.78 is 28.0. The quantitative estimate of drug-likeness (QED) is 0.727. The third kappa shape index (κ3) is 4.17. The fraction of sp³-hybridized carbons (Fsp3) is 0.0952. The predicted octanol–water partition coefficient (Wildman–Crippen LogP) is 3.67. The van der Waals surface area contributed by atoms with Crippen LogP contribution in [0.1, 0.15) is 22.6 Å². The molecule has 0 radical (unpaired) electrons. The van der Waals surface area contributed by atoms with E-state index in [1.807, 2.05) is 66.7 Å². The summed E-state index contributed by atoms with van der Waals surface area (Å²) >= 11 is 0. The van der Waals surface area contributed by atoms with E-state index < -0.39 is 10.0 Å². The number of hydrogen-bond donors (Lipinski definition) is 1. The number of benzene rings is 3. The third-order valence-electron chi connectivity index (χ3n) is 4.15. The second-order valence-corrected chi connectivity index (χ2v) is 7.63. The molecule has 0 atom stereocenters. The lowest BCUT2D eigenvalue weighted by Crippen LogP contribution is -2.29. The highest BCUT2D eigenvalue weighted by Crippen LogP contribution is 2.24. The molecule has 4 nitrogen and oxygen atoms in total. The third-order valence-corrected chi connectivity index (χ3v) is 5.58. The minimum atomic E-state index is -3.71. The van der Waals surface area contributed by atoms with Gasteiger partial charge in [-0.05, 0) is 29.3 Å². The van der Waals surface area contributed by atoms with Crippen molar-refractivity contribution in [2.45, 2.75) is 10.8 Å². The summed E-state index contributed by atoms with van der Waals surface area (Å²) in [5.41, 5.74) is 2.38. The highest BCUT2D eigenvalue weighted by atomic mass is 32.2. The maximum atomic E-state index is 12.6. The molecule has 3 rings (SSSR count). The fourth-order valence-electron chi connectivity index (χ4n) is 2.81. The Morgan fingerprint density at radius 1 is 0.846 bits per heavy atom. The van der Waals surface area contributed by atoms with Gasteiger partial charge in [0.1, 0.15) is 0 Å². The van der Waals surface area contributed by atoms with E-state index in [9.17, 15) is 8.42 Å². The Hall–Kier alpha value is -2.94. The van der Waals surface area contributed by atoms with Crippen LogP contribution in [0.5, 0.6) is 0 Å². The van der Waals surface area contributed by atoms with Crippen LogP contribution in [0.15, 0.2) is 89.8 Å². The van der Waals surface area contributed by atoms with Gasteiger partial charge < -0.3 is 0 Å². The van der Waals surface area contributed by atoms with Crippen molar-refractivity contribution in [1.82, 2.24) is 4.72 Å². The second kappa shape index (κ2) is 7.96. The van der Waals surface area contributed by atoms with Crippen molar-refractivity contribution < 1.29 is 8.42 Å². The van der Waals surface area contributed by atoms with Gasteiger partial charge in [0.2, 0.25) is 10.0 Å². The lowest BCUT2D eigenvalue weighted by atomic mass is 9.92. The lowest BCUT2D eigenvalue weighted by Gasteiger charge is -2.19. The molecule has 0 heterocycles. The fourth-order valence-corrected chi connectivity index (χ4v) is 3.90. The molecule has 0 spiro atoms. The molecule has 0 aliphatic rings. The summed E-state index contributed by atoms with van der Waals surface area (Å²) in [6, 6.07) is 27.6. The van der Waals surface area contributed by atoms with Crippen molar-refractivity contribution in [2.24, 2.45) is 0 Å². The van der Waals surface area contributed by atoms with E-state index >= 15 is 0 Å². The van der Waals surface area contributed by atoms with Gasteiger partial charge in [0.15, 0.2) is 0 Å². The van der Waals surface area contributed by atoms with Gasteiger partial charge in [-0.2, -0.15) is 5.26 Å². The van der Waals surface area contributed by atoms with Crippen LogP contribution in [0.25, 0.3) is 0 Å². The van der Waals surface area contributed by atoms with E-state index in [4.69, 9.17) is 5.26 Å². The zero-order valence-corrected chi connectivity index (χ0v) is 14.9. The van der Waals surface area contributed by atoms with E-state index in [2.05, 4.69) is 4.72 Å². The molecule has 3 aromatic carbocycles. The monoisotopic (exact) mass is 362 g/mol. The molecule has 3 aromatic rings. The van der Waals surface area contributed by atoms with E-state index in [1.54, 1.807) is 12.1 Å². The van der Waals surface area contributed by atoms with Crippen molar-refractivity contribution in [3.8, 4) is 6.07 Å². The molecule has 0 aliphatic heterocycles. The smallest absolute Gasteiger partial charge is 0.210 e. The summed E-state index contributed by atoms with van der Waals surface area (Å²) in [6.45, 7) is 0.229. The Morgan fingerprint density at radius 2 is 1.42 bits per heavy atom. The van der Waals surface area contributed by atoms with E-state index in [1.165, 1.54) is 12.1 Å². The average Bonchev–Trinajstić information content (AvgIpc) is 2.70. The van der Waals surface area contributed by atoms with Gasteiger partial charge in [0.05, 0.1) is 16.5 Å². The van der Waals surface area contributed by atoms with Gasteiger partial charge in [-0.15, -0.1) is 0 Å². The minimum Gasteiger partial charge on any atom is -0.210 e. The predicted molar refractivity (Wildman–Crippen MR) is 101 cm³/mol. The first-order chi connectivity index (χ1) is 12.6. The Morgan fingerprint density at radius 3 is 1.96 bits per heavy atom. The number of rotatable bonds is 6. The number of sulfonamides is 1. The van der Waals surface area contributed by atoms with Gasteiger partial charge >= 0.3 is 0 Å². The number of nitrogens with one attached hydrogen (secondary N) is 1. The van der Waals surface area contributed by atoms with Crippen LogP contribution in [-0.4, -0.2) is 15.0 Å². The molecule has 0 amide bonds. The van der Waals surface area contributed by atoms with Crippen molar-refractivity contribution >= 4 is 10.0 Å². The highest BCUT2D eigenvalue weighted by molar-refractivity contribution is 7.89. The van der Waals surface area contributed by atoms with Crippen molar-refractivity contribution in [1.29, 1.82) is 5.26 Å². The van der Waals surface area contributed by atoms with E-state index in [0.717, 1.165) is 11.1 Å².